The number of nitrogens with one attached hydrogen (secondary N) is 1. The zero-order chi connectivity index (χ0) is 20.2. The fourth-order valence-corrected chi connectivity index (χ4v) is 6.60. The summed E-state index contributed by atoms with van der Waals surface area (Å²) in [6.07, 6.45) is 5.27. The Hall–Kier alpha value is -2.71. The molecule has 8 heteroatoms. The van der Waals surface area contributed by atoms with Gasteiger partial charge in [-0.3, -0.25) is 9.20 Å². The van der Waals surface area contributed by atoms with Crippen molar-refractivity contribution in [1.82, 2.24) is 24.6 Å². The van der Waals surface area contributed by atoms with Crippen LogP contribution in [-0.2, 0) is 18.6 Å². The highest BCUT2D eigenvalue weighted by Gasteiger charge is 2.24. The number of hydrogen-bond donors (Lipinski definition) is 1. The number of H-pyrrole nitrogens is 1. The van der Waals surface area contributed by atoms with Gasteiger partial charge >= 0.3 is 0 Å². The number of hydrogen-bond acceptors (Lipinski definition) is 6. The van der Waals surface area contributed by atoms with E-state index >= 15 is 0 Å². The van der Waals surface area contributed by atoms with E-state index in [-0.39, 0.29) is 5.56 Å². The molecule has 1 unspecified atom stereocenters. The van der Waals surface area contributed by atoms with Gasteiger partial charge in [0.15, 0.2) is 10.8 Å². The van der Waals surface area contributed by atoms with Crippen molar-refractivity contribution in [1.29, 1.82) is 0 Å². The molecular weight excluding hydrogens is 414 g/mol. The van der Waals surface area contributed by atoms with Gasteiger partial charge in [0, 0.05) is 27.6 Å². The first-order chi connectivity index (χ1) is 14.7. The van der Waals surface area contributed by atoms with Crippen molar-refractivity contribution in [2.24, 2.45) is 5.92 Å². The Bertz CT molecular complexity index is 1480. The molecule has 1 aromatic carbocycles. The number of aryl methyl sites for hydroxylation is 1. The summed E-state index contributed by atoms with van der Waals surface area (Å²) >= 11 is 3.39. The minimum atomic E-state index is -0.0853. The number of pyridine rings is 1. The van der Waals surface area contributed by atoms with E-state index in [2.05, 4.69) is 22.1 Å². The minimum Gasteiger partial charge on any atom is -0.322 e. The molecule has 4 aromatic heterocycles. The van der Waals surface area contributed by atoms with Gasteiger partial charge in [0.2, 0.25) is 5.56 Å². The molecule has 0 saturated carbocycles. The SMILES string of the molecule is CC1CCc2c(sc3ncn4c(SCc5cc(=O)[nH]c6ccccc56)nnc4c23)C1. The van der Waals surface area contributed by atoms with Crippen LogP contribution >= 0.6 is 23.1 Å². The van der Waals surface area contributed by atoms with Crippen LogP contribution < -0.4 is 5.56 Å². The fourth-order valence-electron chi connectivity index (χ4n) is 4.36. The molecule has 0 radical (unpaired) electrons. The lowest BCUT2D eigenvalue weighted by Crippen LogP contribution is -2.08. The van der Waals surface area contributed by atoms with Crippen molar-refractivity contribution in [3.63, 3.8) is 0 Å². The number of thioether (sulfide) groups is 1. The van der Waals surface area contributed by atoms with Crippen LogP contribution in [0.3, 0.4) is 0 Å². The Morgan fingerprint density at radius 2 is 2.20 bits per heavy atom. The summed E-state index contributed by atoms with van der Waals surface area (Å²) in [5, 5.41) is 12.0. The number of aromatic amines is 1. The molecule has 1 atom stereocenters. The van der Waals surface area contributed by atoms with Gasteiger partial charge in [-0.05, 0) is 42.4 Å². The predicted molar refractivity (Wildman–Crippen MR) is 121 cm³/mol. The van der Waals surface area contributed by atoms with Crippen molar-refractivity contribution in [3.8, 4) is 0 Å². The van der Waals surface area contributed by atoms with E-state index in [9.17, 15) is 4.79 Å². The molecule has 6 rings (SSSR count). The lowest BCUT2D eigenvalue weighted by molar-refractivity contribution is 0.509. The van der Waals surface area contributed by atoms with Crippen molar-refractivity contribution in [3.05, 3.63) is 63.0 Å². The maximum atomic E-state index is 12.0. The topological polar surface area (TPSA) is 75.9 Å². The molecule has 0 spiro atoms. The highest BCUT2D eigenvalue weighted by molar-refractivity contribution is 7.98. The average molecular weight is 434 g/mol. The van der Waals surface area contributed by atoms with Crippen LogP contribution in [0.15, 0.2) is 46.6 Å². The smallest absolute Gasteiger partial charge is 0.248 e. The Morgan fingerprint density at radius 3 is 3.13 bits per heavy atom. The Labute approximate surface area is 180 Å². The summed E-state index contributed by atoms with van der Waals surface area (Å²) in [5.74, 6) is 1.37. The van der Waals surface area contributed by atoms with E-state index in [4.69, 9.17) is 4.98 Å². The van der Waals surface area contributed by atoms with Crippen molar-refractivity contribution < 1.29 is 0 Å². The van der Waals surface area contributed by atoms with Crippen LogP contribution in [-0.4, -0.2) is 24.6 Å². The number of nitrogens with zero attached hydrogens (tertiary/aromatic N) is 4. The maximum absolute atomic E-state index is 12.0. The average Bonchev–Trinajstić information content (AvgIpc) is 3.31. The van der Waals surface area contributed by atoms with Gasteiger partial charge in [-0.2, -0.15) is 0 Å². The highest BCUT2D eigenvalue weighted by Crippen LogP contribution is 2.39. The number of para-hydroxylation sites is 1. The van der Waals surface area contributed by atoms with E-state index in [0.29, 0.717) is 5.75 Å². The summed E-state index contributed by atoms with van der Waals surface area (Å²) in [7, 11) is 0. The summed E-state index contributed by atoms with van der Waals surface area (Å²) in [6.45, 7) is 2.32. The summed E-state index contributed by atoms with van der Waals surface area (Å²) in [6, 6.07) is 9.56. The van der Waals surface area contributed by atoms with Gasteiger partial charge in [0.05, 0.1) is 5.39 Å². The molecule has 0 aliphatic heterocycles. The molecule has 30 heavy (non-hydrogen) atoms. The second kappa shape index (κ2) is 6.92. The number of aromatic nitrogens is 5. The third-order valence-corrected chi connectivity index (χ3v) is 8.02. The first kappa shape index (κ1) is 18.1. The van der Waals surface area contributed by atoms with Crippen LogP contribution in [0, 0.1) is 5.92 Å². The lowest BCUT2D eigenvalue weighted by atomic mass is 9.89. The Kier molecular flexibility index (Phi) is 4.17. The standard InChI is InChI=1S/C22H19N5OS2/c1-12-6-7-15-17(8-12)30-21-19(15)20-25-26-22(27(20)11-23-21)29-10-13-9-18(28)24-16-5-3-2-4-14(13)16/h2-5,9,11-12H,6-8,10H2,1H3,(H,24,28). The number of benzene rings is 1. The number of fused-ring (bicyclic) bond motifs is 6. The Morgan fingerprint density at radius 1 is 1.30 bits per heavy atom. The van der Waals surface area contributed by atoms with Gasteiger partial charge in [0.1, 0.15) is 11.2 Å². The molecule has 6 nitrogen and oxygen atoms in total. The fraction of sp³-hybridized carbons (Fsp3) is 0.273. The first-order valence-corrected chi connectivity index (χ1v) is 11.9. The molecule has 0 amide bonds. The minimum absolute atomic E-state index is 0.0853. The molecule has 4 heterocycles. The molecule has 0 fully saturated rings. The van der Waals surface area contributed by atoms with E-state index in [1.807, 2.05) is 35.0 Å². The molecular formula is C22H19N5OS2. The molecule has 1 aliphatic carbocycles. The monoisotopic (exact) mass is 433 g/mol. The summed E-state index contributed by atoms with van der Waals surface area (Å²) in [5.41, 5.74) is 4.07. The summed E-state index contributed by atoms with van der Waals surface area (Å²) in [4.78, 5) is 22.2. The molecule has 5 aromatic rings. The molecule has 0 bridgehead atoms. The lowest BCUT2D eigenvalue weighted by Gasteiger charge is -2.17. The molecule has 0 saturated heterocycles. The first-order valence-electron chi connectivity index (χ1n) is 10.0. The van der Waals surface area contributed by atoms with Gasteiger partial charge in [-0.1, -0.05) is 36.9 Å². The van der Waals surface area contributed by atoms with E-state index in [0.717, 1.165) is 50.9 Å². The van der Waals surface area contributed by atoms with Crippen molar-refractivity contribution >= 4 is 49.9 Å². The third kappa shape index (κ3) is 2.86. The van der Waals surface area contributed by atoms with E-state index < -0.39 is 0 Å². The largest absolute Gasteiger partial charge is 0.322 e. The van der Waals surface area contributed by atoms with Crippen LogP contribution in [0.5, 0.6) is 0 Å². The second-order valence-electron chi connectivity index (χ2n) is 7.95. The van der Waals surface area contributed by atoms with Crippen LogP contribution in [0.25, 0.3) is 26.8 Å². The van der Waals surface area contributed by atoms with Crippen molar-refractivity contribution in [2.75, 3.05) is 0 Å². The van der Waals surface area contributed by atoms with Gasteiger partial charge < -0.3 is 4.98 Å². The number of thiophene rings is 1. The number of rotatable bonds is 3. The zero-order valence-corrected chi connectivity index (χ0v) is 18.0. The quantitative estimate of drug-likeness (QED) is 0.421. The Balaban J connectivity index is 1.40. The van der Waals surface area contributed by atoms with Gasteiger partial charge in [0.25, 0.3) is 0 Å². The van der Waals surface area contributed by atoms with Crippen molar-refractivity contribution in [2.45, 2.75) is 37.1 Å². The second-order valence-corrected chi connectivity index (χ2v) is 9.97. The van der Waals surface area contributed by atoms with Gasteiger partial charge in [-0.15, -0.1) is 21.5 Å². The normalized spacial score (nSPS) is 16.5. The van der Waals surface area contributed by atoms with E-state index in [1.54, 1.807) is 29.2 Å². The highest BCUT2D eigenvalue weighted by atomic mass is 32.2. The van der Waals surface area contributed by atoms with Crippen LogP contribution in [0.4, 0.5) is 0 Å². The van der Waals surface area contributed by atoms with E-state index in [1.165, 1.54) is 22.2 Å². The van der Waals surface area contributed by atoms with Gasteiger partial charge in [-0.25, -0.2) is 4.98 Å². The molecule has 1 aliphatic rings. The molecule has 1 N–H and O–H groups in total. The van der Waals surface area contributed by atoms with Crippen LogP contribution in [0.2, 0.25) is 0 Å². The molecule has 150 valence electrons. The predicted octanol–water partition coefficient (Wildman–Crippen LogP) is 4.60. The third-order valence-electron chi connectivity index (χ3n) is 5.86. The summed E-state index contributed by atoms with van der Waals surface area (Å²) < 4.78 is 1.99. The van der Waals surface area contributed by atoms with Crippen LogP contribution in [0.1, 0.15) is 29.3 Å². The maximum Gasteiger partial charge on any atom is 0.248 e. The zero-order valence-electron chi connectivity index (χ0n) is 16.4.